The van der Waals surface area contributed by atoms with E-state index in [1.807, 2.05) is 6.92 Å². The van der Waals surface area contributed by atoms with Crippen molar-refractivity contribution in [2.75, 3.05) is 40.3 Å². The highest BCUT2D eigenvalue weighted by Crippen LogP contribution is 2.03. The number of carbonyl (C=O) groups excluding carboxylic acids is 1. The molecule has 0 saturated carbocycles. The van der Waals surface area contributed by atoms with Gasteiger partial charge in [-0.3, -0.25) is 0 Å². The zero-order valence-electron chi connectivity index (χ0n) is 12.3. The number of methoxy groups -OCH3 is 1. The second-order valence-corrected chi connectivity index (χ2v) is 3.76. The van der Waals surface area contributed by atoms with Gasteiger partial charge in [0.05, 0.1) is 19.8 Å². The first-order chi connectivity index (χ1) is 9.65. The third kappa shape index (κ3) is 9.69. The van der Waals surface area contributed by atoms with Crippen molar-refractivity contribution in [3.8, 4) is 0 Å². The molecule has 0 heterocycles. The first-order valence-corrected chi connectivity index (χ1v) is 6.41. The first kappa shape index (κ1) is 18.8. The molecular weight excluding hydrogens is 264 g/mol. The van der Waals surface area contributed by atoms with Gasteiger partial charge in [-0.25, -0.2) is 4.79 Å². The van der Waals surface area contributed by atoms with E-state index in [1.165, 1.54) is 0 Å². The Balaban J connectivity index is 3.65. The number of hydrogen-bond acceptors (Lipinski definition) is 6. The molecule has 0 aromatic carbocycles. The summed E-state index contributed by atoms with van der Waals surface area (Å²) in [6, 6.07) is 0. The summed E-state index contributed by atoms with van der Waals surface area (Å²) < 4.78 is 25.4. The van der Waals surface area contributed by atoms with Crippen molar-refractivity contribution >= 4 is 5.97 Å². The minimum Gasteiger partial charge on any atom is -0.435 e. The predicted octanol–water partition coefficient (Wildman–Crippen LogP) is 1.66. The van der Waals surface area contributed by atoms with Gasteiger partial charge in [0.25, 0.3) is 0 Å². The number of ether oxygens (including phenoxy) is 5. The van der Waals surface area contributed by atoms with E-state index in [2.05, 4.69) is 13.2 Å². The Morgan fingerprint density at radius 1 is 1.35 bits per heavy atom. The van der Waals surface area contributed by atoms with E-state index in [9.17, 15) is 4.79 Å². The van der Waals surface area contributed by atoms with Crippen molar-refractivity contribution in [1.29, 1.82) is 0 Å². The molecule has 0 aliphatic carbocycles. The molecule has 0 aliphatic rings. The average Bonchev–Trinajstić information content (AvgIpc) is 2.46. The van der Waals surface area contributed by atoms with E-state index in [0.717, 1.165) is 0 Å². The maximum atomic E-state index is 11.5. The van der Waals surface area contributed by atoms with Gasteiger partial charge in [0, 0.05) is 25.7 Å². The van der Waals surface area contributed by atoms with Gasteiger partial charge < -0.3 is 23.7 Å². The van der Waals surface area contributed by atoms with Crippen LogP contribution in [-0.4, -0.2) is 52.6 Å². The fourth-order valence-electron chi connectivity index (χ4n) is 1.18. The molecule has 0 rings (SSSR count). The number of rotatable bonds is 13. The van der Waals surface area contributed by atoms with Crippen molar-refractivity contribution < 1.29 is 28.5 Å². The standard InChI is InChI=1S/C14H24O6/c1-5-8-18-11-20-14(15)12(3)7-9-17-10-13(16-4)19-6-2/h5,13H,1,3,6-11H2,2,4H3. The highest BCUT2D eigenvalue weighted by atomic mass is 16.7. The topological polar surface area (TPSA) is 63.2 Å². The van der Waals surface area contributed by atoms with E-state index in [0.29, 0.717) is 38.4 Å². The quantitative estimate of drug-likeness (QED) is 0.169. The van der Waals surface area contributed by atoms with E-state index < -0.39 is 12.3 Å². The lowest BCUT2D eigenvalue weighted by molar-refractivity contribution is -0.155. The fraction of sp³-hybridized carbons (Fsp3) is 0.643. The van der Waals surface area contributed by atoms with Crippen LogP contribution >= 0.6 is 0 Å². The Labute approximate surface area is 120 Å². The third-order valence-corrected chi connectivity index (χ3v) is 2.22. The highest BCUT2D eigenvalue weighted by molar-refractivity contribution is 5.87. The summed E-state index contributed by atoms with van der Waals surface area (Å²) in [4.78, 5) is 11.5. The van der Waals surface area contributed by atoms with Crippen LogP contribution in [0.3, 0.4) is 0 Å². The Bertz CT molecular complexity index is 289. The van der Waals surface area contributed by atoms with Gasteiger partial charge in [-0.2, -0.15) is 0 Å². The smallest absolute Gasteiger partial charge is 0.335 e. The molecule has 20 heavy (non-hydrogen) atoms. The molecule has 116 valence electrons. The van der Waals surface area contributed by atoms with Crippen LogP contribution in [-0.2, 0) is 28.5 Å². The number of carbonyl (C=O) groups is 1. The van der Waals surface area contributed by atoms with E-state index in [-0.39, 0.29) is 6.79 Å². The summed E-state index contributed by atoms with van der Waals surface area (Å²) >= 11 is 0. The highest BCUT2D eigenvalue weighted by Gasteiger charge is 2.10. The van der Waals surface area contributed by atoms with E-state index >= 15 is 0 Å². The molecule has 0 amide bonds. The SMILES string of the molecule is C=CCOCOC(=O)C(=C)CCOCC(OC)OCC. The summed E-state index contributed by atoms with van der Waals surface area (Å²) in [5, 5.41) is 0. The lowest BCUT2D eigenvalue weighted by Crippen LogP contribution is -2.22. The van der Waals surface area contributed by atoms with E-state index in [1.54, 1.807) is 13.2 Å². The summed E-state index contributed by atoms with van der Waals surface area (Å²) in [5.41, 5.74) is 0.331. The normalized spacial score (nSPS) is 11.9. The largest absolute Gasteiger partial charge is 0.435 e. The second-order valence-electron chi connectivity index (χ2n) is 3.76. The molecule has 0 aromatic rings. The molecule has 0 radical (unpaired) electrons. The third-order valence-electron chi connectivity index (χ3n) is 2.22. The molecule has 0 spiro atoms. The van der Waals surface area contributed by atoms with Crippen LogP contribution in [0.4, 0.5) is 0 Å². The molecule has 6 nitrogen and oxygen atoms in total. The molecule has 0 aromatic heterocycles. The fourth-order valence-corrected chi connectivity index (χ4v) is 1.18. The Hall–Kier alpha value is -1.21. The van der Waals surface area contributed by atoms with Crippen LogP contribution in [0.25, 0.3) is 0 Å². The second kappa shape index (κ2) is 12.8. The maximum absolute atomic E-state index is 11.5. The lowest BCUT2D eigenvalue weighted by Gasteiger charge is -2.15. The summed E-state index contributed by atoms with van der Waals surface area (Å²) in [5.74, 6) is -0.495. The minimum absolute atomic E-state index is 0.110. The molecular formula is C14H24O6. The Kier molecular flexibility index (Phi) is 12.0. The van der Waals surface area contributed by atoms with Crippen molar-refractivity contribution in [2.45, 2.75) is 19.6 Å². The van der Waals surface area contributed by atoms with Gasteiger partial charge in [0.2, 0.25) is 0 Å². The monoisotopic (exact) mass is 288 g/mol. The predicted molar refractivity (Wildman–Crippen MR) is 74.1 cm³/mol. The van der Waals surface area contributed by atoms with Crippen molar-refractivity contribution in [3.63, 3.8) is 0 Å². The van der Waals surface area contributed by atoms with E-state index in [4.69, 9.17) is 23.7 Å². The van der Waals surface area contributed by atoms with Crippen LogP contribution in [0.15, 0.2) is 24.8 Å². The molecule has 1 atom stereocenters. The van der Waals surface area contributed by atoms with Gasteiger partial charge in [-0.15, -0.1) is 6.58 Å². The van der Waals surface area contributed by atoms with Crippen molar-refractivity contribution in [3.05, 3.63) is 24.8 Å². The van der Waals surface area contributed by atoms with Gasteiger partial charge in [-0.1, -0.05) is 12.7 Å². The first-order valence-electron chi connectivity index (χ1n) is 6.41. The van der Waals surface area contributed by atoms with Crippen LogP contribution in [0.5, 0.6) is 0 Å². The van der Waals surface area contributed by atoms with Crippen molar-refractivity contribution in [1.82, 2.24) is 0 Å². The summed E-state index contributed by atoms with van der Waals surface area (Å²) in [6.45, 7) is 10.4. The lowest BCUT2D eigenvalue weighted by atomic mass is 10.2. The van der Waals surface area contributed by atoms with Gasteiger partial charge >= 0.3 is 5.97 Å². The zero-order valence-corrected chi connectivity index (χ0v) is 12.3. The average molecular weight is 288 g/mol. The molecule has 0 fully saturated rings. The van der Waals surface area contributed by atoms with Gasteiger partial charge in [0.15, 0.2) is 13.1 Å². The molecule has 0 N–H and O–H groups in total. The number of hydrogen-bond donors (Lipinski definition) is 0. The maximum Gasteiger partial charge on any atom is 0.335 e. The Morgan fingerprint density at radius 3 is 2.70 bits per heavy atom. The molecule has 0 aliphatic heterocycles. The van der Waals surface area contributed by atoms with Gasteiger partial charge in [0.1, 0.15) is 0 Å². The summed E-state index contributed by atoms with van der Waals surface area (Å²) in [6.07, 6.45) is 1.55. The zero-order chi connectivity index (χ0) is 15.2. The van der Waals surface area contributed by atoms with Crippen LogP contribution in [0.1, 0.15) is 13.3 Å². The van der Waals surface area contributed by atoms with Crippen LogP contribution in [0.2, 0.25) is 0 Å². The van der Waals surface area contributed by atoms with Crippen molar-refractivity contribution in [2.24, 2.45) is 0 Å². The summed E-state index contributed by atoms with van der Waals surface area (Å²) in [7, 11) is 1.54. The molecule has 6 heteroatoms. The molecule has 0 bridgehead atoms. The van der Waals surface area contributed by atoms with Gasteiger partial charge in [-0.05, 0) is 6.92 Å². The van der Waals surface area contributed by atoms with Crippen LogP contribution < -0.4 is 0 Å². The molecule has 0 saturated heterocycles. The minimum atomic E-state index is -0.495. The molecule has 1 unspecified atom stereocenters. The Morgan fingerprint density at radius 2 is 2.10 bits per heavy atom. The van der Waals surface area contributed by atoms with Crippen LogP contribution in [0, 0.1) is 0 Å². The number of esters is 1.